The third kappa shape index (κ3) is 4.75. The number of aromatic nitrogens is 2. The molecule has 8 nitrogen and oxygen atoms in total. The third-order valence-corrected chi connectivity index (χ3v) is 5.08. The fraction of sp³-hybridized carbons (Fsp3) is 0.643. The maximum atomic E-state index is 12.0. The molecule has 134 valence electrons. The van der Waals surface area contributed by atoms with Crippen LogP contribution in [0, 0.1) is 0 Å². The number of H-pyrrole nitrogens is 1. The lowest BCUT2D eigenvalue weighted by Gasteiger charge is -2.19. The Morgan fingerprint density at radius 2 is 2.29 bits per heavy atom. The minimum absolute atomic E-state index is 0.149. The first kappa shape index (κ1) is 19.3. The number of rotatable bonds is 7. The molecule has 0 amide bonds. The Labute approximate surface area is 149 Å². The number of aliphatic imine (C=N–C) groups is 1. The van der Waals surface area contributed by atoms with Crippen LogP contribution in [0.2, 0.25) is 0 Å². The van der Waals surface area contributed by atoms with Gasteiger partial charge in [-0.15, -0.1) is 0 Å². The molecule has 10 heteroatoms. The molecule has 1 fully saturated rings. The highest BCUT2D eigenvalue weighted by molar-refractivity contribution is 9.10. The van der Waals surface area contributed by atoms with Crippen molar-refractivity contribution in [1.29, 1.82) is 0 Å². The van der Waals surface area contributed by atoms with Gasteiger partial charge >= 0.3 is 5.69 Å². The molecule has 4 unspecified atom stereocenters. The van der Waals surface area contributed by atoms with Crippen molar-refractivity contribution < 1.29 is 13.8 Å². The van der Waals surface area contributed by atoms with E-state index in [1.807, 2.05) is 20.5 Å². The zero-order valence-corrected chi connectivity index (χ0v) is 16.2. The molecule has 1 saturated heterocycles. The highest BCUT2D eigenvalue weighted by atomic mass is 79.9. The molecule has 2 heterocycles. The number of halogens is 1. The number of hydrogen-bond acceptors (Lipinski definition) is 6. The van der Waals surface area contributed by atoms with Gasteiger partial charge in [0.1, 0.15) is 6.23 Å². The monoisotopic (exact) mass is 421 g/mol. The van der Waals surface area contributed by atoms with Crippen LogP contribution >= 0.6 is 24.3 Å². The Morgan fingerprint density at radius 1 is 1.54 bits per heavy atom. The predicted octanol–water partition coefficient (Wildman–Crippen LogP) is 2.39. The smallest absolute Gasteiger partial charge is 0.330 e. The summed E-state index contributed by atoms with van der Waals surface area (Å²) in [6.45, 7) is 6.41. The molecule has 1 aliphatic rings. The van der Waals surface area contributed by atoms with Crippen molar-refractivity contribution in [3.63, 3.8) is 0 Å². The molecule has 1 aromatic heterocycles. The normalized spacial score (nSPS) is 25.2. The van der Waals surface area contributed by atoms with Gasteiger partial charge < -0.3 is 13.8 Å². The summed E-state index contributed by atoms with van der Waals surface area (Å²) < 4.78 is 18.9. The van der Waals surface area contributed by atoms with Gasteiger partial charge in [0.2, 0.25) is 8.38 Å². The van der Waals surface area contributed by atoms with Gasteiger partial charge in [-0.1, -0.05) is 6.92 Å². The molecular weight excluding hydrogens is 401 g/mol. The molecule has 1 aliphatic heterocycles. The van der Waals surface area contributed by atoms with E-state index in [9.17, 15) is 9.59 Å². The van der Waals surface area contributed by atoms with E-state index in [1.165, 1.54) is 17.2 Å². The van der Waals surface area contributed by atoms with Gasteiger partial charge in [0.15, 0.2) is 6.40 Å². The second kappa shape index (κ2) is 8.89. The minimum atomic E-state index is -1.13. The van der Waals surface area contributed by atoms with Crippen molar-refractivity contribution in [1.82, 2.24) is 9.55 Å². The van der Waals surface area contributed by atoms with Gasteiger partial charge in [0, 0.05) is 25.8 Å². The summed E-state index contributed by atoms with van der Waals surface area (Å²) >= 11 is 3.13. The maximum Gasteiger partial charge on any atom is 0.330 e. The predicted molar refractivity (Wildman–Crippen MR) is 95.7 cm³/mol. The van der Waals surface area contributed by atoms with E-state index in [0.717, 1.165) is 6.42 Å². The maximum absolute atomic E-state index is 12.0. The molecule has 2 rings (SSSR count). The highest BCUT2D eigenvalue weighted by Gasteiger charge is 2.38. The molecule has 0 bridgehead atoms. The summed E-state index contributed by atoms with van der Waals surface area (Å²) in [5.41, 5.74) is -0.969. The first-order valence-electron chi connectivity index (χ1n) is 7.68. The molecule has 4 atom stereocenters. The average molecular weight is 422 g/mol. The van der Waals surface area contributed by atoms with Crippen LogP contribution in [0.1, 0.15) is 32.9 Å². The average Bonchev–Trinajstić information content (AvgIpc) is 2.93. The molecular formula is C14H21BrN3O5P. The van der Waals surface area contributed by atoms with Crippen LogP contribution in [0.3, 0.4) is 0 Å². The molecule has 0 aromatic carbocycles. The summed E-state index contributed by atoms with van der Waals surface area (Å²) in [6.07, 6.45) is 3.26. The summed E-state index contributed by atoms with van der Waals surface area (Å²) in [6, 6.07) is 0. The third-order valence-electron chi connectivity index (χ3n) is 3.55. The van der Waals surface area contributed by atoms with E-state index in [2.05, 4.69) is 25.9 Å². The Hall–Kier alpha value is -1.02. The summed E-state index contributed by atoms with van der Waals surface area (Å²) in [4.78, 5) is 29.7. The van der Waals surface area contributed by atoms with Crippen molar-refractivity contribution in [2.24, 2.45) is 4.99 Å². The molecule has 1 N–H and O–H groups in total. The molecule has 0 saturated carbocycles. The van der Waals surface area contributed by atoms with Gasteiger partial charge in [0.25, 0.3) is 5.56 Å². The Morgan fingerprint density at radius 3 is 2.96 bits per heavy atom. The Bertz CT molecular complexity index is 692. The Kier molecular flexibility index (Phi) is 7.16. The van der Waals surface area contributed by atoms with Crippen LogP contribution < -0.4 is 11.2 Å². The van der Waals surface area contributed by atoms with Crippen LogP contribution in [0.15, 0.2) is 25.3 Å². The summed E-state index contributed by atoms with van der Waals surface area (Å²) in [5, 5.41) is 0. The molecule has 0 spiro atoms. The Balaban J connectivity index is 2.09. The SMILES string of the molecule is CCN=COP(C)OC1CC(n2cc(Br)c(=O)[nH]c2=O)OC1CC. The second-order valence-electron chi connectivity index (χ2n) is 5.21. The lowest BCUT2D eigenvalue weighted by atomic mass is 10.1. The van der Waals surface area contributed by atoms with Crippen LogP contribution in [-0.2, 0) is 13.8 Å². The second-order valence-corrected chi connectivity index (χ2v) is 7.37. The van der Waals surface area contributed by atoms with Gasteiger partial charge in [-0.2, -0.15) is 0 Å². The lowest BCUT2D eigenvalue weighted by molar-refractivity contribution is -0.0177. The zero-order valence-electron chi connectivity index (χ0n) is 13.8. The van der Waals surface area contributed by atoms with E-state index in [0.29, 0.717) is 13.0 Å². The number of ether oxygens (including phenoxy) is 1. The van der Waals surface area contributed by atoms with E-state index >= 15 is 0 Å². The fourth-order valence-corrected chi connectivity index (χ4v) is 3.58. The van der Waals surface area contributed by atoms with E-state index in [1.54, 1.807) is 0 Å². The van der Waals surface area contributed by atoms with Gasteiger partial charge in [0.05, 0.1) is 16.7 Å². The topological polar surface area (TPSA) is 94.9 Å². The van der Waals surface area contributed by atoms with Crippen molar-refractivity contribution in [2.75, 3.05) is 13.2 Å². The summed E-state index contributed by atoms with van der Waals surface area (Å²) in [7, 11) is -1.13. The van der Waals surface area contributed by atoms with Crippen LogP contribution in [0.4, 0.5) is 0 Å². The van der Waals surface area contributed by atoms with Gasteiger partial charge in [-0.3, -0.25) is 19.3 Å². The van der Waals surface area contributed by atoms with Crippen LogP contribution in [-0.4, -0.2) is 41.4 Å². The van der Waals surface area contributed by atoms with E-state index in [4.69, 9.17) is 13.8 Å². The van der Waals surface area contributed by atoms with Crippen molar-refractivity contribution in [3.05, 3.63) is 31.5 Å². The molecule has 1 aromatic rings. The largest absolute Gasteiger partial charge is 0.437 e. The number of aromatic amines is 1. The fourth-order valence-electron chi connectivity index (χ4n) is 2.41. The molecule has 24 heavy (non-hydrogen) atoms. The van der Waals surface area contributed by atoms with Crippen molar-refractivity contribution >= 4 is 30.7 Å². The van der Waals surface area contributed by atoms with Crippen LogP contribution in [0.5, 0.6) is 0 Å². The number of nitrogens with one attached hydrogen (secondary N) is 1. The molecule has 0 aliphatic carbocycles. The standard InChI is InChI=1S/C14H21BrN3O5P/c1-4-10-11(23-24(3)21-8-16-5-2)6-12(22-10)18-7-9(15)13(19)17-14(18)20/h7-8,10-12H,4-6H2,1-3H3,(H,17,19,20). The quantitative estimate of drug-likeness (QED) is 0.414. The lowest BCUT2D eigenvalue weighted by Crippen LogP contribution is -2.32. The van der Waals surface area contributed by atoms with Crippen molar-refractivity contribution in [3.8, 4) is 0 Å². The van der Waals surface area contributed by atoms with Gasteiger partial charge in [-0.25, -0.2) is 4.79 Å². The van der Waals surface area contributed by atoms with Crippen LogP contribution in [0.25, 0.3) is 0 Å². The molecule has 0 radical (unpaired) electrons. The van der Waals surface area contributed by atoms with E-state index < -0.39 is 25.9 Å². The zero-order chi connectivity index (χ0) is 17.7. The summed E-state index contributed by atoms with van der Waals surface area (Å²) in [5.74, 6) is 0. The van der Waals surface area contributed by atoms with Gasteiger partial charge in [-0.05, 0) is 29.3 Å². The number of nitrogens with zero attached hydrogens (tertiary/aromatic N) is 2. The van der Waals surface area contributed by atoms with E-state index in [-0.39, 0.29) is 16.7 Å². The number of hydrogen-bond donors (Lipinski definition) is 1. The highest BCUT2D eigenvalue weighted by Crippen LogP contribution is 2.41. The first-order valence-corrected chi connectivity index (χ1v) is 10.1. The minimum Gasteiger partial charge on any atom is -0.437 e. The van der Waals surface area contributed by atoms with Crippen molar-refractivity contribution in [2.45, 2.75) is 45.1 Å². The first-order chi connectivity index (χ1) is 11.5.